The van der Waals surface area contributed by atoms with Gasteiger partial charge in [-0.25, -0.2) is 0 Å². The van der Waals surface area contributed by atoms with Gasteiger partial charge in [-0.05, 0) is 12.8 Å². The summed E-state index contributed by atoms with van der Waals surface area (Å²) >= 11 is 0. The first-order valence-electron chi connectivity index (χ1n) is 4.33. The topological polar surface area (TPSA) is 9.23 Å². The molecule has 0 spiro atoms. The number of hydrogen-bond donors (Lipinski definition) is 0. The van der Waals surface area contributed by atoms with E-state index in [9.17, 15) is 0 Å². The Hall–Kier alpha value is 7.69. The molecule has 81 valence electrons. The Bertz CT molecular complexity index is 91.4. The van der Waals surface area contributed by atoms with E-state index in [4.69, 9.17) is 4.74 Å². The second-order valence-corrected chi connectivity index (χ2v) is 3.00. The van der Waals surface area contributed by atoms with Crippen molar-refractivity contribution in [2.24, 2.45) is 0 Å². The van der Waals surface area contributed by atoms with Crippen LogP contribution in [-0.2, 0) is 234 Å². The summed E-state index contributed by atoms with van der Waals surface area (Å²) in [6.45, 7) is 2.88. The fourth-order valence-corrected chi connectivity index (χ4v) is 1.46. The van der Waals surface area contributed by atoms with E-state index in [2.05, 4.69) is 6.42 Å². The van der Waals surface area contributed by atoms with E-state index >= 15 is 0 Å². The first-order chi connectivity index (χ1) is 4.93. The van der Waals surface area contributed by atoms with Gasteiger partial charge in [-0.1, -0.05) is 25.9 Å². The second kappa shape index (κ2) is 34.9. The molecule has 1 aliphatic rings. The summed E-state index contributed by atoms with van der Waals surface area (Å²) in [7, 11) is 0. The van der Waals surface area contributed by atoms with Gasteiger partial charge in [0.1, 0.15) is 0 Å². The van der Waals surface area contributed by atoms with Gasteiger partial charge < -0.3 is 11.2 Å². The zero-order valence-electron chi connectivity index (χ0n) is 10.8. The minimum Gasteiger partial charge on any atom is -0.410 e. The Labute approximate surface area is 283 Å². The fourth-order valence-electron chi connectivity index (χ4n) is 1.46. The zero-order chi connectivity index (χ0) is 7.23. The minimum absolute atomic E-state index is 0. The van der Waals surface area contributed by atoms with Crippen molar-refractivity contribution in [2.75, 3.05) is 6.61 Å². The molecule has 1 saturated carbocycles. The van der Waals surface area contributed by atoms with Crippen LogP contribution in [0.25, 0.3) is 0 Å². The molecule has 0 aromatic heterocycles. The summed E-state index contributed by atoms with van der Waals surface area (Å²) in [6.07, 6.45) is 9.37. The van der Waals surface area contributed by atoms with E-state index in [0.717, 1.165) is 6.61 Å². The number of ether oxygens (including phenoxy) is 1. The van der Waals surface area contributed by atoms with Crippen LogP contribution in [0.4, 0.5) is 0 Å². The van der Waals surface area contributed by atoms with Crippen molar-refractivity contribution in [3.05, 3.63) is 6.42 Å². The molecule has 0 N–H and O–H groups in total. The molecule has 17 heavy (non-hydrogen) atoms. The van der Waals surface area contributed by atoms with Crippen LogP contribution >= 0.6 is 0 Å². The summed E-state index contributed by atoms with van der Waals surface area (Å²) in [4.78, 5) is 0. The third-order valence-electron chi connectivity index (χ3n) is 2.05. The summed E-state index contributed by atoms with van der Waals surface area (Å²) in [5, 5.41) is 0. The maximum atomic E-state index is 5.58. The van der Waals surface area contributed by atoms with Crippen LogP contribution in [0.5, 0.6) is 0 Å². The average molecular weight is 764 g/mol. The third-order valence-corrected chi connectivity index (χ3v) is 2.05. The zero-order valence-corrected chi connectivity index (χ0v) is 30.7. The Morgan fingerprint density at radius 2 is 1.24 bits per heavy atom. The van der Waals surface area contributed by atoms with Gasteiger partial charge >= 0.3 is 0 Å². The van der Waals surface area contributed by atoms with Gasteiger partial charge in [0.05, 0.1) is 6.10 Å². The molecule has 0 aliphatic heterocycles. The molecule has 1 aliphatic carbocycles. The van der Waals surface area contributed by atoms with E-state index < -0.39 is 0 Å². The summed E-state index contributed by atoms with van der Waals surface area (Å²) in [5.74, 6) is 0. The van der Waals surface area contributed by atoms with Crippen LogP contribution in [0.2, 0.25) is 0 Å². The SMILES string of the molecule is C[CH-]COC1CCCCC1.[Y].[Y].[Y].[Y].[Y].[Y].[Y]. The van der Waals surface area contributed by atoms with Crippen LogP contribution in [-0.4, -0.2) is 12.7 Å². The van der Waals surface area contributed by atoms with Crippen molar-refractivity contribution >= 4 is 0 Å². The molecule has 1 fully saturated rings. The van der Waals surface area contributed by atoms with Crippen molar-refractivity contribution in [3.8, 4) is 0 Å². The summed E-state index contributed by atoms with van der Waals surface area (Å²) < 4.78 is 5.58. The van der Waals surface area contributed by atoms with E-state index in [0.29, 0.717) is 6.10 Å². The molecule has 7 radical (unpaired) electrons. The van der Waals surface area contributed by atoms with E-state index in [1.165, 1.54) is 32.1 Å². The minimum atomic E-state index is 0. The Morgan fingerprint density at radius 1 is 0.824 bits per heavy atom. The van der Waals surface area contributed by atoms with Gasteiger partial charge in [0, 0.05) is 229 Å². The normalized spacial score (nSPS) is 12.5. The van der Waals surface area contributed by atoms with Gasteiger partial charge in [0.25, 0.3) is 0 Å². The van der Waals surface area contributed by atoms with Crippen LogP contribution in [0.1, 0.15) is 39.0 Å². The Morgan fingerprint density at radius 3 is 1.59 bits per heavy atom. The Kier molecular flexibility index (Phi) is 90.9. The van der Waals surface area contributed by atoms with Crippen LogP contribution < -0.4 is 0 Å². The fraction of sp³-hybridized carbons (Fsp3) is 0.889. The molecule has 0 amide bonds. The largest absolute Gasteiger partial charge is 0.410 e. The van der Waals surface area contributed by atoms with Crippen LogP contribution in [0, 0.1) is 6.42 Å². The van der Waals surface area contributed by atoms with Crippen molar-refractivity contribution in [1.82, 2.24) is 0 Å². The van der Waals surface area contributed by atoms with E-state index in [-0.39, 0.29) is 229 Å². The number of rotatable bonds is 3. The van der Waals surface area contributed by atoms with Gasteiger partial charge in [-0.3, -0.25) is 0 Å². The van der Waals surface area contributed by atoms with Gasteiger partial charge in [0.2, 0.25) is 0 Å². The standard InChI is InChI=1S/C9H17O.7Y/c1-2-8-10-9-6-4-3-5-7-9;;;;;;;/h2,9H,3-8H2,1H3;;;;;;;/q-1;;;;;;;. The van der Waals surface area contributed by atoms with Crippen molar-refractivity contribution in [1.29, 1.82) is 0 Å². The first-order valence-corrected chi connectivity index (χ1v) is 4.33. The predicted molar refractivity (Wildman–Crippen MR) is 42.8 cm³/mol. The maximum absolute atomic E-state index is 5.58. The van der Waals surface area contributed by atoms with Crippen LogP contribution in [0.3, 0.4) is 0 Å². The second-order valence-electron chi connectivity index (χ2n) is 3.00. The van der Waals surface area contributed by atoms with Crippen molar-refractivity contribution in [2.45, 2.75) is 45.1 Å². The molecule has 0 aromatic rings. The number of hydrogen-bond acceptors (Lipinski definition) is 1. The molecule has 8 heteroatoms. The van der Waals surface area contributed by atoms with E-state index in [1.807, 2.05) is 6.92 Å². The molecular weight excluding hydrogens is 746 g/mol. The maximum Gasteiger partial charge on any atom is 0.0539 e. The average Bonchev–Trinajstić information content (AvgIpc) is 2.03. The van der Waals surface area contributed by atoms with Crippen LogP contribution in [0.15, 0.2) is 0 Å². The molecule has 0 bridgehead atoms. The first kappa shape index (κ1) is 44.3. The molecule has 0 atom stereocenters. The molecule has 0 unspecified atom stereocenters. The van der Waals surface area contributed by atoms with Crippen molar-refractivity contribution in [3.63, 3.8) is 0 Å². The van der Waals surface area contributed by atoms with Crippen molar-refractivity contribution < 1.29 is 234 Å². The molecule has 0 saturated heterocycles. The molecule has 1 rings (SSSR count). The summed E-state index contributed by atoms with van der Waals surface area (Å²) in [5.41, 5.74) is 0. The molecule has 0 aromatic carbocycles. The van der Waals surface area contributed by atoms with Gasteiger partial charge in [-0.2, -0.15) is 6.92 Å². The molecular formula is C9H17OY7-. The van der Waals surface area contributed by atoms with E-state index in [1.54, 1.807) is 0 Å². The smallest absolute Gasteiger partial charge is 0.0539 e. The summed E-state index contributed by atoms with van der Waals surface area (Å²) in [6, 6.07) is 0. The monoisotopic (exact) mass is 763 g/mol. The molecule has 1 nitrogen and oxygen atoms in total. The molecule has 0 heterocycles. The quantitative estimate of drug-likeness (QED) is 0.403. The van der Waals surface area contributed by atoms with Gasteiger partial charge in [-0.15, -0.1) is 0 Å². The Balaban J connectivity index is -0.0000000286. The predicted octanol–water partition coefficient (Wildman–Crippen LogP) is 2.54. The van der Waals surface area contributed by atoms with Gasteiger partial charge in [0.15, 0.2) is 0 Å². The third kappa shape index (κ3) is 28.7.